The molecule has 0 radical (unpaired) electrons. The zero-order valence-electron chi connectivity index (χ0n) is 10.8. The molecule has 1 fully saturated rings. The molecule has 0 amide bonds. The van der Waals surface area contributed by atoms with E-state index >= 15 is 0 Å². The van der Waals surface area contributed by atoms with Crippen LogP contribution in [0.2, 0.25) is 0 Å². The SMILES string of the molecule is CNc1cncc([C@H]2CCCN2c2ncccn2)n1. The van der Waals surface area contributed by atoms with Crippen LogP contribution < -0.4 is 10.2 Å². The van der Waals surface area contributed by atoms with Gasteiger partial charge in [0, 0.05) is 26.0 Å². The fraction of sp³-hybridized carbons (Fsp3) is 0.385. The molecule has 3 rings (SSSR count). The van der Waals surface area contributed by atoms with Gasteiger partial charge in [-0.25, -0.2) is 15.0 Å². The maximum atomic E-state index is 4.58. The molecule has 1 aliphatic rings. The van der Waals surface area contributed by atoms with Gasteiger partial charge >= 0.3 is 0 Å². The first-order valence-corrected chi connectivity index (χ1v) is 6.42. The lowest BCUT2D eigenvalue weighted by Gasteiger charge is -2.23. The summed E-state index contributed by atoms with van der Waals surface area (Å²) in [5.74, 6) is 1.56. The van der Waals surface area contributed by atoms with Crippen LogP contribution in [0.5, 0.6) is 0 Å². The van der Waals surface area contributed by atoms with E-state index in [0.717, 1.165) is 36.8 Å². The van der Waals surface area contributed by atoms with Crippen LogP contribution in [0.25, 0.3) is 0 Å². The average molecular weight is 256 g/mol. The van der Waals surface area contributed by atoms with Gasteiger partial charge in [0.25, 0.3) is 0 Å². The molecule has 3 heterocycles. The monoisotopic (exact) mass is 256 g/mol. The van der Waals surface area contributed by atoms with Crippen LogP contribution in [0.4, 0.5) is 11.8 Å². The first kappa shape index (κ1) is 11.8. The summed E-state index contributed by atoms with van der Waals surface area (Å²) >= 11 is 0. The van der Waals surface area contributed by atoms with Crippen molar-refractivity contribution in [2.45, 2.75) is 18.9 Å². The number of rotatable bonds is 3. The van der Waals surface area contributed by atoms with Crippen LogP contribution in [-0.2, 0) is 0 Å². The van der Waals surface area contributed by atoms with E-state index in [1.807, 2.05) is 19.3 Å². The summed E-state index contributed by atoms with van der Waals surface area (Å²) in [4.78, 5) is 19.7. The van der Waals surface area contributed by atoms with E-state index in [-0.39, 0.29) is 6.04 Å². The van der Waals surface area contributed by atoms with E-state index in [1.54, 1.807) is 18.6 Å². The molecule has 2 aromatic rings. The molecule has 6 nitrogen and oxygen atoms in total. The molecular weight excluding hydrogens is 240 g/mol. The molecule has 0 aromatic carbocycles. The Hall–Kier alpha value is -2.24. The second-order valence-corrected chi connectivity index (χ2v) is 4.48. The summed E-state index contributed by atoms with van der Waals surface area (Å²) in [5.41, 5.74) is 0.969. The van der Waals surface area contributed by atoms with Crippen molar-refractivity contribution in [2.24, 2.45) is 0 Å². The quantitative estimate of drug-likeness (QED) is 0.900. The van der Waals surface area contributed by atoms with Gasteiger partial charge in [0.1, 0.15) is 5.82 Å². The van der Waals surface area contributed by atoms with Crippen molar-refractivity contribution in [1.82, 2.24) is 19.9 Å². The Morgan fingerprint density at radius 3 is 2.89 bits per heavy atom. The minimum Gasteiger partial charge on any atom is -0.372 e. The second-order valence-electron chi connectivity index (χ2n) is 4.48. The predicted octanol–water partition coefficient (Wildman–Crippen LogP) is 1.65. The molecule has 1 atom stereocenters. The standard InChI is InChI=1S/C13H16N6/c1-14-12-9-15-8-10(18-12)11-4-2-7-19(11)13-16-5-3-6-17-13/h3,5-6,8-9,11H,2,4,7H2,1H3,(H,14,18)/t11-/m1/s1. The number of anilines is 2. The zero-order valence-corrected chi connectivity index (χ0v) is 10.8. The minimum atomic E-state index is 0.211. The number of hydrogen-bond donors (Lipinski definition) is 1. The molecule has 1 saturated heterocycles. The predicted molar refractivity (Wildman–Crippen MR) is 72.9 cm³/mol. The summed E-state index contributed by atoms with van der Waals surface area (Å²) in [6, 6.07) is 2.04. The lowest BCUT2D eigenvalue weighted by atomic mass is 10.1. The molecule has 0 spiro atoms. The van der Waals surface area contributed by atoms with Crippen LogP contribution in [0.1, 0.15) is 24.6 Å². The minimum absolute atomic E-state index is 0.211. The largest absolute Gasteiger partial charge is 0.372 e. The van der Waals surface area contributed by atoms with Gasteiger partial charge in [-0.15, -0.1) is 0 Å². The number of nitrogens with zero attached hydrogens (tertiary/aromatic N) is 5. The van der Waals surface area contributed by atoms with Gasteiger partial charge in [-0.3, -0.25) is 4.98 Å². The van der Waals surface area contributed by atoms with Crippen LogP contribution in [0.15, 0.2) is 30.9 Å². The number of aromatic nitrogens is 4. The Bertz CT molecular complexity index is 544. The van der Waals surface area contributed by atoms with Crippen molar-refractivity contribution in [1.29, 1.82) is 0 Å². The van der Waals surface area contributed by atoms with Gasteiger partial charge in [0.05, 0.1) is 24.1 Å². The highest BCUT2D eigenvalue weighted by Gasteiger charge is 2.29. The molecule has 1 N–H and O–H groups in total. The Morgan fingerprint density at radius 2 is 2.11 bits per heavy atom. The third-order valence-corrected chi connectivity index (χ3v) is 3.31. The van der Waals surface area contributed by atoms with Gasteiger partial charge in [-0.2, -0.15) is 0 Å². The molecule has 0 bridgehead atoms. The number of nitrogens with one attached hydrogen (secondary N) is 1. The smallest absolute Gasteiger partial charge is 0.225 e. The first-order valence-electron chi connectivity index (χ1n) is 6.42. The van der Waals surface area contributed by atoms with Gasteiger partial charge in [0.15, 0.2) is 0 Å². The fourth-order valence-electron chi connectivity index (χ4n) is 2.42. The maximum Gasteiger partial charge on any atom is 0.225 e. The van der Waals surface area contributed by atoms with Crippen molar-refractivity contribution < 1.29 is 0 Å². The molecule has 1 aliphatic heterocycles. The van der Waals surface area contributed by atoms with Crippen LogP contribution >= 0.6 is 0 Å². The highest BCUT2D eigenvalue weighted by atomic mass is 15.3. The van der Waals surface area contributed by atoms with Gasteiger partial charge in [-0.1, -0.05) is 0 Å². The second kappa shape index (κ2) is 5.17. The van der Waals surface area contributed by atoms with E-state index in [4.69, 9.17) is 0 Å². The van der Waals surface area contributed by atoms with E-state index in [0.29, 0.717) is 0 Å². The highest BCUT2D eigenvalue weighted by Crippen LogP contribution is 2.33. The van der Waals surface area contributed by atoms with Gasteiger partial charge in [0.2, 0.25) is 5.95 Å². The van der Waals surface area contributed by atoms with Crippen molar-refractivity contribution in [3.05, 3.63) is 36.5 Å². The molecule has 2 aromatic heterocycles. The Balaban J connectivity index is 1.90. The molecule has 6 heteroatoms. The molecule has 19 heavy (non-hydrogen) atoms. The lowest BCUT2D eigenvalue weighted by molar-refractivity contribution is 0.676. The van der Waals surface area contributed by atoms with E-state index in [1.165, 1.54) is 0 Å². The van der Waals surface area contributed by atoms with Crippen molar-refractivity contribution >= 4 is 11.8 Å². The molecule has 0 saturated carbocycles. The fourth-order valence-corrected chi connectivity index (χ4v) is 2.42. The summed E-state index contributed by atoms with van der Waals surface area (Å²) < 4.78 is 0. The van der Waals surface area contributed by atoms with Crippen LogP contribution in [0, 0.1) is 0 Å². The van der Waals surface area contributed by atoms with E-state index in [9.17, 15) is 0 Å². The van der Waals surface area contributed by atoms with Gasteiger partial charge < -0.3 is 10.2 Å². The summed E-state index contributed by atoms with van der Waals surface area (Å²) in [5, 5.41) is 3.02. The molecule has 98 valence electrons. The number of hydrogen-bond acceptors (Lipinski definition) is 6. The molecule has 0 unspecified atom stereocenters. The zero-order chi connectivity index (χ0) is 13.1. The third-order valence-electron chi connectivity index (χ3n) is 3.31. The van der Waals surface area contributed by atoms with Crippen molar-refractivity contribution in [2.75, 3.05) is 23.8 Å². The Kier molecular flexibility index (Phi) is 3.22. The van der Waals surface area contributed by atoms with E-state index in [2.05, 4.69) is 30.2 Å². The van der Waals surface area contributed by atoms with E-state index < -0.39 is 0 Å². The Morgan fingerprint density at radius 1 is 1.26 bits per heavy atom. The lowest BCUT2D eigenvalue weighted by Crippen LogP contribution is -2.25. The normalized spacial score (nSPS) is 18.6. The maximum absolute atomic E-state index is 4.58. The van der Waals surface area contributed by atoms with Crippen LogP contribution in [0.3, 0.4) is 0 Å². The molecular formula is C13H16N6. The topological polar surface area (TPSA) is 66.8 Å². The van der Waals surface area contributed by atoms with Gasteiger partial charge in [-0.05, 0) is 18.9 Å². The first-order chi connectivity index (χ1) is 9.38. The molecule has 0 aliphatic carbocycles. The van der Waals surface area contributed by atoms with Crippen molar-refractivity contribution in [3.8, 4) is 0 Å². The summed E-state index contributed by atoms with van der Waals surface area (Å²) in [7, 11) is 1.85. The highest BCUT2D eigenvalue weighted by molar-refractivity contribution is 5.38. The van der Waals surface area contributed by atoms with Crippen LogP contribution in [-0.4, -0.2) is 33.5 Å². The average Bonchev–Trinajstić information content (AvgIpc) is 2.98. The third kappa shape index (κ3) is 2.33. The summed E-state index contributed by atoms with van der Waals surface area (Å²) in [6.07, 6.45) is 9.27. The van der Waals surface area contributed by atoms with Crippen molar-refractivity contribution in [3.63, 3.8) is 0 Å². The Labute approximate surface area is 111 Å². The summed E-state index contributed by atoms with van der Waals surface area (Å²) in [6.45, 7) is 0.958.